The summed E-state index contributed by atoms with van der Waals surface area (Å²) in [5.41, 5.74) is 4.64. The van der Waals surface area contributed by atoms with Crippen LogP contribution in [0.25, 0.3) is 0 Å². The molecule has 4 rings (SSSR count). The summed E-state index contributed by atoms with van der Waals surface area (Å²) in [5, 5.41) is 2.85. The molecular weight excluding hydrogens is 356 g/mol. The van der Waals surface area contributed by atoms with Gasteiger partial charge in [0.15, 0.2) is 0 Å². The molecule has 2 aromatic carbocycles. The van der Waals surface area contributed by atoms with E-state index in [4.69, 9.17) is 4.74 Å². The average molecular weight is 378 g/mol. The second-order valence-electron chi connectivity index (χ2n) is 6.85. The van der Waals surface area contributed by atoms with Crippen molar-refractivity contribution in [3.8, 4) is 5.75 Å². The molecule has 0 N–H and O–H groups in total. The van der Waals surface area contributed by atoms with Crippen LogP contribution in [0.2, 0.25) is 0 Å². The van der Waals surface area contributed by atoms with Gasteiger partial charge in [-0.05, 0) is 36.6 Å². The molecule has 0 spiro atoms. The lowest BCUT2D eigenvalue weighted by atomic mass is 10.00. The first kappa shape index (κ1) is 17.7. The molecule has 0 aliphatic carbocycles. The van der Waals surface area contributed by atoms with Crippen molar-refractivity contribution in [2.75, 3.05) is 6.54 Å². The number of aromatic nitrogens is 1. The summed E-state index contributed by atoms with van der Waals surface area (Å²) < 4.78 is 5.77. The van der Waals surface area contributed by atoms with Crippen molar-refractivity contribution < 1.29 is 9.53 Å². The van der Waals surface area contributed by atoms with E-state index in [2.05, 4.69) is 30.1 Å². The van der Waals surface area contributed by atoms with Gasteiger partial charge >= 0.3 is 0 Å². The Kier molecular flexibility index (Phi) is 5.21. The van der Waals surface area contributed by atoms with Gasteiger partial charge in [-0.3, -0.25) is 4.79 Å². The van der Waals surface area contributed by atoms with E-state index >= 15 is 0 Å². The van der Waals surface area contributed by atoms with Crippen molar-refractivity contribution in [3.05, 3.63) is 81.3 Å². The number of fused-ring (bicyclic) bond motifs is 1. The molecule has 5 heteroatoms. The molecule has 27 heavy (non-hydrogen) atoms. The topological polar surface area (TPSA) is 42.4 Å². The SMILES string of the molecule is Cc1ccc(OCc2nc(CC(=O)N3CCc4ccccc4C3)cs2)cc1. The minimum atomic E-state index is 0.140. The monoisotopic (exact) mass is 378 g/mol. The molecule has 0 saturated heterocycles. The van der Waals surface area contributed by atoms with Gasteiger partial charge in [0, 0.05) is 18.5 Å². The van der Waals surface area contributed by atoms with Gasteiger partial charge in [0.05, 0.1) is 12.1 Å². The fourth-order valence-corrected chi connectivity index (χ4v) is 3.96. The van der Waals surface area contributed by atoms with Crippen LogP contribution < -0.4 is 4.74 Å². The lowest BCUT2D eigenvalue weighted by Crippen LogP contribution is -2.36. The van der Waals surface area contributed by atoms with Crippen molar-refractivity contribution in [3.63, 3.8) is 0 Å². The molecule has 0 bridgehead atoms. The Morgan fingerprint density at radius 3 is 2.74 bits per heavy atom. The number of ether oxygens (including phenoxy) is 1. The van der Waals surface area contributed by atoms with Gasteiger partial charge in [-0.25, -0.2) is 4.98 Å². The lowest BCUT2D eigenvalue weighted by molar-refractivity contribution is -0.131. The van der Waals surface area contributed by atoms with Crippen LogP contribution >= 0.6 is 11.3 Å². The number of thiazole rings is 1. The van der Waals surface area contributed by atoms with E-state index < -0.39 is 0 Å². The maximum absolute atomic E-state index is 12.7. The molecule has 1 aromatic heterocycles. The Labute approximate surface area is 163 Å². The summed E-state index contributed by atoms with van der Waals surface area (Å²) in [7, 11) is 0. The van der Waals surface area contributed by atoms with Crippen LogP contribution in [0.15, 0.2) is 53.9 Å². The predicted octanol–water partition coefficient (Wildman–Crippen LogP) is 4.16. The fourth-order valence-electron chi connectivity index (χ4n) is 3.25. The third-order valence-corrected chi connectivity index (χ3v) is 5.67. The van der Waals surface area contributed by atoms with Gasteiger partial charge in [0.1, 0.15) is 17.4 Å². The van der Waals surface area contributed by atoms with E-state index in [1.807, 2.05) is 40.6 Å². The number of amides is 1. The van der Waals surface area contributed by atoms with Gasteiger partial charge in [-0.2, -0.15) is 0 Å². The van der Waals surface area contributed by atoms with Gasteiger partial charge in [-0.15, -0.1) is 11.3 Å². The highest BCUT2D eigenvalue weighted by molar-refractivity contribution is 7.09. The van der Waals surface area contributed by atoms with Crippen molar-refractivity contribution in [2.24, 2.45) is 0 Å². The van der Waals surface area contributed by atoms with Crippen LogP contribution in [0, 0.1) is 6.92 Å². The summed E-state index contributed by atoms with van der Waals surface area (Å²) >= 11 is 1.54. The third kappa shape index (κ3) is 4.37. The highest BCUT2D eigenvalue weighted by Crippen LogP contribution is 2.20. The Balaban J connectivity index is 1.32. The quantitative estimate of drug-likeness (QED) is 0.670. The Morgan fingerprint density at radius 2 is 1.93 bits per heavy atom. The average Bonchev–Trinajstić information content (AvgIpc) is 3.14. The van der Waals surface area contributed by atoms with Gasteiger partial charge in [0.25, 0.3) is 0 Å². The number of aryl methyl sites for hydroxylation is 1. The second-order valence-corrected chi connectivity index (χ2v) is 7.79. The van der Waals surface area contributed by atoms with Gasteiger partial charge < -0.3 is 9.64 Å². The minimum Gasteiger partial charge on any atom is -0.486 e. The highest BCUT2D eigenvalue weighted by Gasteiger charge is 2.21. The Bertz CT molecular complexity index is 933. The van der Waals surface area contributed by atoms with Crippen LogP contribution in [-0.4, -0.2) is 22.3 Å². The van der Waals surface area contributed by atoms with Crippen LogP contribution in [0.1, 0.15) is 27.4 Å². The summed E-state index contributed by atoms with van der Waals surface area (Å²) in [4.78, 5) is 19.2. The molecule has 0 atom stereocenters. The Morgan fingerprint density at radius 1 is 1.15 bits per heavy atom. The normalized spacial score (nSPS) is 13.3. The van der Waals surface area contributed by atoms with E-state index in [0.29, 0.717) is 19.6 Å². The standard InChI is InChI=1S/C22H22N2O2S/c1-16-6-8-20(9-7-16)26-14-21-23-19(15-27-21)12-22(25)24-11-10-17-4-2-3-5-18(17)13-24/h2-9,15H,10-14H2,1H3. The summed E-state index contributed by atoms with van der Waals surface area (Å²) in [5.74, 6) is 0.973. The van der Waals surface area contributed by atoms with E-state index in [9.17, 15) is 4.79 Å². The molecule has 0 unspecified atom stereocenters. The maximum Gasteiger partial charge on any atom is 0.228 e. The molecule has 0 fully saturated rings. The largest absolute Gasteiger partial charge is 0.486 e. The smallest absolute Gasteiger partial charge is 0.228 e. The number of hydrogen-bond acceptors (Lipinski definition) is 4. The Hall–Kier alpha value is -2.66. The van der Waals surface area contributed by atoms with Crippen molar-refractivity contribution in [2.45, 2.75) is 32.9 Å². The molecule has 138 valence electrons. The zero-order valence-electron chi connectivity index (χ0n) is 15.4. The van der Waals surface area contributed by atoms with Crippen LogP contribution in [0.5, 0.6) is 5.75 Å². The number of carbonyl (C=O) groups excluding carboxylic acids is 1. The van der Waals surface area contributed by atoms with Gasteiger partial charge in [-0.1, -0.05) is 42.0 Å². The lowest BCUT2D eigenvalue weighted by Gasteiger charge is -2.28. The summed E-state index contributed by atoms with van der Waals surface area (Å²) in [6.45, 7) is 3.96. The van der Waals surface area contributed by atoms with Crippen molar-refractivity contribution in [1.29, 1.82) is 0 Å². The van der Waals surface area contributed by atoms with E-state index in [1.165, 1.54) is 16.7 Å². The predicted molar refractivity (Wildman–Crippen MR) is 107 cm³/mol. The third-order valence-electron chi connectivity index (χ3n) is 4.80. The van der Waals surface area contributed by atoms with Crippen LogP contribution in [-0.2, 0) is 30.8 Å². The fraction of sp³-hybridized carbons (Fsp3) is 0.273. The highest BCUT2D eigenvalue weighted by atomic mass is 32.1. The maximum atomic E-state index is 12.7. The molecule has 4 nitrogen and oxygen atoms in total. The first-order valence-corrected chi connectivity index (χ1v) is 10.0. The van der Waals surface area contributed by atoms with Crippen LogP contribution in [0.4, 0.5) is 0 Å². The van der Waals surface area contributed by atoms with Crippen LogP contribution in [0.3, 0.4) is 0 Å². The number of hydrogen-bond donors (Lipinski definition) is 0. The van der Waals surface area contributed by atoms with Crippen molar-refractivity contribution in [1.82, 2.24) is 9.88 Å². The molecular formula is C22H22N2O2S. The molecule has 1 amide bonds. The first-order valence-electron chi connectivity index (χ1n) is 9.15. The molecule has 0 radical (unpaired) electrons. The van der Waals surface area contributed by atoms with E-state index in [-0.39, 0.29) is 5.91 Å². The number of rotatable bonds is 5. The summed E-state index contributed by atoms with van der Waals surface area (Å²) in [6, 6.07) is 16.3. The van der Waals surface area contributed by atoms with E-state index in [0.717, 1.165) is 29.4 Å². The zero-order chi connectivity index (χ0) is 18.6. The molecule has 1 aliphatic heterocycles. The zero-order valence-corrected chi connectivity index (χ0v) is 16.2. The number of nitrogens with zero attached hydrogens (tertiary/aromatic N) is 2. The van der Waals surface area contributed by atoms with E-state index in [1.54, 1.807) is 11.3 Å². The number of carbonyl (C=O) groups is 1. The second kappa shape index (κ2) is 7.92. The minimum absolute atomic E-state index is 0.140. The molecule has 3 aromatic rings. The number of benzene rings is 2. The van der Waals surface area contributed by atoms with Gasteiger partial charge in [0.2, 0.25) is 5.91 Å². The molecule has 0 saturated carbocycles. The summed E-state index contributed by atoms with van der Waals surface area (Å²) in [6.07, 6.45) is 1.28. The molecule has 1 aliphatic rings. The van der Waals surface area contributed by atoms with Crippen molar-refractivity contribution >= 4 is 17.2 Å². The first-order chi connectivity index (χ1) is 13.2. The molecule has 2 heterocycles.